The smallest absolute Gasteiger partial charge is 0.310 e. The predicted octanol–water partition coefficient (Wildman–Crippen LogP) is 3.43. The first-order chi connectivity index (χ1) is 12.1. The molecule has 0 N–H and O–H groups in total. The number of hydrogen-bond acceptors (Lipinski definition) is 5. The zero-order valence-corrected chi connectivity index (χ0v) is 14.9. The van der Waals surface area contributed by atoms with Crippen molar-refractivity contribution in [2.24, 2.45) is 11.8 Å². The van der Waals surface area contributed by atoms with E-state index in [1.807, 2.05) is 44.2 Å². The molecule has 0 radical (unpaired) electrons. The Bertz CT molecular complexity index is 599. The summed E-state index contributed by atoms with van der Waals surface area (Å²) in [5.41, 5.74) is 0.939. The molecular formula is C20H26O5. The Morgan fingerprint density at radius 1 is 1.12 bits per heavy atom. The topological polar surface area (TPSA) is 65.1 Å². The van der Waals surface area contributed by atoms with E-state index in [4.69, 9.17) is 14.2 Å². The van der Waals surface area contributed by atoms with Crippen LogP contribution in [0.5, 0.6) is 0 Å². The van der Waals surface area contributed by atoms with Gasteiger partial charge in [-0.2, -0.15) is 0 Å². The van der Waals surface area contributed by atoms with Crippen LogP contribution in [0.2, 0.25) is 0 Å². The normalized spacial score (nSPS) is 28.6. The molecule has 5 unspecified atom stereocenters. The van der Waals surface area contributed by atoms with Gasteiger partial charge in [0.2, 0.25) is 0 Å². The number of rotatable bonds is 7. The minimum absolute atomic E-state index is 0.0873. The molecule has 1 heterocycles. The van der Waals surface area contributed by atoms with E-state index in [0.29, 0.717) is 19.4 Å². The van der Waals surface area contributed by atoms with E-state index in [0.717, 1.165) is 18.4 Å². The number of ether oxygens (including phenoxy) is 3. The molecule has 3 rings (SSSR count). The summed E-state index contributed by atoms with van der Waals surface area (Å²) in [4.78, 5) is 25.1. The molecule has 0 aromatic heterocycles. The van der Waals surface area contributed by atoms with Crippen LogP contribution < -0.4 is 0 Å². The number of unbranched alkanes of at least 4 members (excludes halogenated alkanes) is 1. The Hall–Kier alpha value is -1.88. The maximum atomic E-state index is 12.7. The van der Waals surface area contributed by atoms with Crippen LogP contribution in [0.3, 0.4) is 0 Å². The molecule has 5 atom stereocenters. The zero-order chi connectivity index (χ0) is 17.8. The van der Waals surface area contributed by atoms with Crippen molar-refractivity contribution in [1.29, 1.82) is 0 Å². The lowest BCUT2D eigenvalue weighted by atomic mass is 9.79. The van der Waals surface area contributed by atoms with Crippen LogP contribution in [-0.2, 0) is 23.8 Å². The maximum absolute atomic E-state index is 12.7. The van der Waals surface area contributed by atoms with Gasteiger partial charge in [0.05, 0.1) is 30.7 Å². The molecule has 136 valence electrons. The molecule has 1 saturated heterocycles. The van der Waals surface area contributed by atoms with Gasteiger partial charge in [-0.25, -0.2) is 0 Å². The molecule has 1 saturated carbocycles. The van der Waals surface area contributed by atoms with Crippen LogP contribution >= 0.6 is 0 Å². The molecule has 0 amide bonds. The number of esters is 2. The van der Waals surface area contributed by atoms with Gasteiger partial charge < -0.3 is 14.2 Å². The first-order valence-corrected chi connectivity index (χ1v) is 9.17. The Morgan fingerprint density at radius 3 is 2.40 bits per heavy atom. The molecular weight excluding hydrogens is 320 g/mol. The highest BCUT2D eigenvalue weighted by Gasteiger charge is 2.53. The van der Waals surface area contributed by atoms with Crippen LogP contribution in [-0.4, -0.2) is 30.8 Å². The SMILES string of the molecule is CCCCOC(=O)C1CC2OC2CC1C(=O)OC(C)c1ccccc1. The fourth-order valence-electron chi connectivity index (χ4n) is 3.42. The summed E-state index contributed by atoms with van der Waals surface area (Å²) >= 11 is 0. The van der Waals surface area contributed by atoms with Crippen molar-refractivity contribution in [3.8, 4) is 0 Å². The zero-order valence-electron chi connectivity index (χ0n) is 14.9. The van der Waals surface area contributed by atoms with Crippen molar-refractivity contribution < 1.29 is 23.8 Å². The molecule has 0 spiro atoms. The Morgan fingerprint density at radius 2 is 1.76 bits per heavy atom. The molecule has 0 bridgehead atoms. The molecule has 5 heteroatoms. The second-order valence-electron chi connectivity index (χ2n) is 6.91. The van der Waals surface area contributed by atoms with Gasteiger partial charge >= 0.3 is 11.9 Å². The predicted molar refractivity (Wildman–Crippen MR) is 91.7 cm³/mol. The van der Waals surface area contributed by atoms with Crippen LogP contribution in [0.4, 0.5) is 0 Å². The molecule has 25 heavy (non-hydrogen) atoms. The minimum Gasteiger partial charge on any atom is -0.465 e. The van der Waals surface area contributed by atoms with Gasteiger partial charge in [-0.05, 0) is 31.7 Å². The molecule has 2 fully saturated rings. The number of benzene rings is 1. The highest BCUT2D eigenvalue weighted by atomic mass is 16.6. The van der Waals surface area contributed by atoms with Gasteiger partial charge in [0.15, 0.2) is 0 Å². The summed E-state index contributed by atoms with van der Waals surface area (Å²) in [5, 5.41) is 0. The van der Waals surface area contributed by atoms with E-state index < -0.39 is 11.8 Å². The lowest BCUT2D eigenvalue weighted by molar-refractivity contribution is -0.165. The van der Waals surface area contributed by atoms with Gasteiger partial charge in [-0.1, -0.05) is 43.7 Å². The Balaban J connectivity index is 1.62. The second kappa shape index (κ2) is 8.00. The third kappa shape index (κ3) is 4.40. The van der Waals surface area contributed by atoms with E-state index in [9.17, 15) is 9.59 Å². The van der Waals surface area contributed by atoms with Crippen LogP contribution in [0.15, 0.2) is 30.3 Å². The largest absolute Gasteiger partial charge is 0.465 e. The van der Waals surface area contributed by atoms with Gasteiger partial charge in [0.25, 0.3) is 0 Å². The van der Waals surface area contributed by atoms with Crippen molar-refractivity contribution >= 4 is 11.9 Å². The van der Waals surface area contributed by atoms with Crippen LogP contribution in [0, 0.1) is 11.8 Å². The van der Waals surface area contributed by atoms with Crippen LogP contribution in [0.1, 0.15) is 51.2 Å². The van der Waals surface area contributed by atoms with Gasteiger partial charge in [-0.3, -0.25) is 9.59 Å². The van der Waals surface area contributed by atoms with Crippen LogP contribution in [0.25, 0.3) is 0 Å². The van der Waals surface area contributed by atoms with E-state index in [-0.39, 0.29) is 30.3 Å². The highest BCUT2D eigenvalue weighted by Crippen LogP contribution is 2.44. The van der Waals surface area contributed by atoms with E-state index in [1.165, 1.54) is 0 Å². The van der Waals surface area contributed by atoms with E-state index >= 15 is 0 Å². The Labute approximate surface area is 148 Å². The number of carbonyl (C=O) groups excluding carboxylic acids is 2. The lowest BCUT2D eigenvalue weighted by Gasteiger charge is -2.27. The fraction of sp³-hybridized carbons (Fsp3) is 0.600. The third-order valence-electron chi connectivity index (χ3n) is 5.06. The molecule has 1 aliphatic heterocycles. The summed E-state index contributed by atoms with van der Waals surface area (Å²) in [6, 6.07) is 9.60. The third-order valence-corrected chi connectivity index (χ3v) is 5.06. The quantitative estimate of drug-likeness (QED) is 0.430. The Kier molecular flexibility index (Phi) is 5.74. The van der Waals surface area contributed by atoms with E-state index in [1.54, 1.807) is 0 Å². The van der Waals surface area contributed by atoms with Crippen molar-refractivity contribution in [3.63, 3.8) is 0 Å². The summed E-state index contributed by atoms with van der Waals surface area (Å²) < 4.78 is 16.5. The average Bonchev–Trinajstić information content (AvgIpc) is 3.40. The first-order valence-electron chi connectivity index (χ1n) is 9.17. The molecule has 1 aromatic carbocycles. The summed E-state index contributed by atoms with van der Waals surface area (Å²) in [5.74, 6) is -1.57. The molecule has 5 nitrogen and oxygen atoms in total. The fourth-order valence-corrected chi connectivity index (χ4v) is 3.42. The summed E-state index contributed by atoms with van der Waals surface area (Å²) in [7, 11) is 0. The molecule has 2 aliphatic rings. The maximum Gasteiger partial charge on any atom is 0.310 e. The first kappa shape index (κ1) is 17.9. The molecule has 1 aliphatic carbocycles. The standard InChI is InChI=1S/C20H26O5/c1-3-4-10-23-19(21)15-11-17-18(25-17)12-16(15)20(22)24-13(2)14-8-6-5-7-9-14/h5-9,13,15-18H,3-4,10-12H2,1-2H3. The number of epoxide rings is 1. The van der Waals surface area contributed by atoms with Gasteiger partial charge in [-0.15, -0.1) is 0 Å². The van der Waals surface area contributed by atoms with E-state index in [2.05, 4.69) is 0 Å². The van der Waals surface area contributed by atoms with Gasteiger partial charge in [0.1, 0.15) is 6.10 Å². The van der Waals surface area contributed by atoms with Crippen molar-refractivity contribution in [3.05, 3.63) is 35.9 Å². The van der Waals surface area contributed by atoms with Crippen molar-refractivity contribution in [2.75, 3.05) is 6.61 Å². The lowest BCUT2D eigenvalue weighted by Crippen LogP contribution is -2.38. The second-order valence-corrected chi connectivity index (χ2v) is 6.91. The summed E-state index contributed by atoms with van der Waals surface area (Å²) in [6.07, 6.45) is 2.73. The monoisotopic (exact) mass is 346 g/mol. The molecule has 1 aromatic rings. The summed E-state index contributed by atoms with van der Waals surface area (Å²) in [6.45, 7) is 4.30. The van der Waals surface area contributed by atoms with Crippen molar-refractivity contribution in [2.45, 2.75) is 57.8 Å². The van der Waals surface area contributed by atoms with Gasteiger partial charge in [0, 0.05) is 0 Å². The number of carbonyl (C=O) groups is 2. The average molecular weight is 346 g/mol. The van der Waals surface area contributed by atoms with Crippen molar-refractivity contribution in [1.82, 2.24) is 0 Å². The minimum atomic E-state index is -0.482. The number of hydrogen-bond donors (Lipinski definition) is 0. The number of fused-ring (bicyclic) bond motifs is 1. The highest BCUT2D eigenvalue weighted by molar-refractivity contribution is 5.82.